The van der Waals surface area contributed by atoms with Crippen molar-refractivity contribution in [1.82, 2.24) is 9.97 Å². The van der Waals surface area contributed by atoms with Crippen LogP contribution in [0.2, 0.25) is 0 Å². The van der Waals surface area contributed by atoms with Crippen LogP contribution < -0.4 is 0 Å². The molecule has 0 aliphatic carbocycles. The first-order valence-electron chi connectivity index (χ1n) is 5.53. The summed E-state index contributed by atoms with van der Waals surface area (Å²) in [5.74, 6) is 0.312. The third kappa shape index (κ3) is 2.62. The van der Waals surface area contributed by atoms with Gasteiger partial charge in [-0.1, -0.05) is 27.7 Å². The minimum Gasteiger partial charge on any atom is -0.481 e. The number of carboxylic acids is 1. The summed E-state index contributed by atoms with van der Waals surface area (Å²) in [6, 6.07) is 0. The molecule has 0 unspecified atom stereocenters. The molecule has 0 spiro atoms. The van der Waals surface area contributed by atoms with E-state index in [2.05, 4.69) is 23.8 Å². The Morgan fingerprint density at radius 3 is 2.44 bits per heavy atom. The maximum absolute atomic E-state index is 10.8. The van der Waals surface area contributed by atoms with Gasteiger partial charge in [-0.05, 0) is 12.8 Å². The van der Waals surface area contributed by atoms with Gasteiger partial charge in [0.2, 0.25) is 0 Å². The molecule has 0 fully saturated rings. The zero-order valence-corrected chi connectivity index (χ0v) is 10.6. The zero-order chi connectivity index (χ0) is 12.5. The molecule has 1 heterocycles. The van der Waals surface area contributed by atoms with Crippen molar-refractivity contribution in [3.8, 4) is 0 Å². The van der Waals surface area contributed by atoms with Crippen LogP contribution in [0.25, 0.3) is 0 Å². The molecule has 0 bridgehead atoms. The van der Waals surface area contributed by atoms with Crippen molar-refractivity contribution in [3.63, 3.8) is 0 Å². The van der Waals surface area contributed by atoms with Gasteiger partial charge in [-0.2, -0.15) is 0 Å². The number of nitrogens with one attached hydrogen (secondary N) is 1. The lowest BCUT2D eigenvalue weighted by Gasteiger charge is -2.19. The topological polar surface area (TPSA) is 66.0 Å². The Hall–Kier alpha value is -1.32. The largest absolute Gasteiger partial charge is 0.481 e. The summed E-state index contributed by atoms with van der Waals surface area (Å²) in [6.45, 7) is 9.92. The molecule has 0 amide bonds. The molecule has 90 valence electrons. The molecule has 1 aromatic rings. The molecule has 0 aliphatic heterocycles. The van der Waals surface area contributed by atoms with Gasteiger partial charge in [-0.3, -0.25) is 4.79 Å². The molecule has 4 nitrogen and oxygen atoms in total. The lowest BCUT2D eigenvalue weighted by atomic mass is 9.88. The SMILES string of the molecule is Cc1[nH]c(C(C)(C)CC(=O)O)nc1C(C)C. The predicted molar refractivity (Wildman–Crippen MR) is 62.7 cm³/mol. The van der Waals surface area contributed by atoms with Crippen molar-refractivity contribution in [1.29, 1.82) is 0 Å². The number of rotatable bonds is 4. The molecule has 0 aliphatic rings. The fourth-order valence-electron chi connectivity index (χ4n) is 1.82. The van der Waals surface area contributed by atoms with Crippen LogP contribution in [0.1, 0.15) is 57.2 Å². The number of imidazole rings is 1. The normalized spacial score (nSPS) is 12.1. The minimum atomic E-state index is -0.801. The van der Waals surface area contributed by atoms with Crippen LogP contribution in [0, 0.1) is 6.92 Å². The van der Waals surface area contributed by atoms with Gasteiger partial charge in [0.1, 0.15) is 5.82 Å². The molecule has 16 heavy (non-hydrogen) atoms. The van der Waals surface area contributed by atoms with Gasteiger partial charge in [0.05, 0.1) is 12.1 Å². The highest BCUT2D eigenvalue weighted by molar-refractivity contribution is 5.68. The quantitative estimate of drug-likeness (QED) is 0.826. The van der Waals surface area contributed by atoms with Gasteiger partial charge in [0.25, 0.3) is 0 Å². The van der Waals surface area contributed by atoms with Crippen molar-refractivity contribution in [2.45, 2.75) is 52.4 Å². The monoisotopic (exact) mass is 224 g/mol. The summed E-state index contributed by atoms with van der Waals surface area (Å²) < 4.78 is 0. The number of H-pyrrole nitrogens is 1. The average Bonchev–Trinajstić information content (AvgIpc) is 2.45. The molecular weight excluding hydrogens is 204 g/mol. The molecule has 0 aromatic carbocycles. The Kier molecular flexibility index (Phi) is 3.41. The van der Waals surface area contributed by atoms with Gasteiger partial charge in [-0.15, -0.1) is 0 Å². The Bertz CT molecular complexity index is 392. The highest BCUT2D eigenvalue weighted by atomic mass is 16.4. The van der Waals surface area contributed by atoms with E-state index in [1.54, 1.807) is 0 Å². The second kappa shape index (κ2) is 4.28. The van der Waals surface area contributed by atoms with Crippen molar-refractivity contribution in [3.05, 3.63) is 17.2 Å². The van der Waals surface area contributed by atoms with Crippen LogP contribution in [-0.2, 0) is 10.2 Å². The van der Waals surface area contributed by atoms with Crippen LogP contribution in [0.3, 0.4) is 0 Å². The maximum atomic E-state index is 10.8. The van der Waals surface area contributed by atoms with Gasteiger partial charge < -0.3 is 10.1 Å². The summed E-state index contributed by atoms with van der Waals surface area (Å²) in [5.41, 5.74) is 1.60. The standard InChI is InChI=1S/C12H20N2O2/c1-7(2)10-8(3)13-11(14-10)12(4,5)6-9(15)16/h7H,6H2,1-5H3,(H,13,14)(H,15,16). The van der Waals surface area contributed by atoms with Gasteiger partial charge >= 0.3 is 5.97 Å². The van der Waals surface area contributed by atoms with Crippen LogP contribution >= 0.6 is 0 Å². The van der Waals surface area contributed by atoms with Crippen LogP contribution in [0.4, 0.5) is 0 Å². The Morgan fingerprint density at radius 1 is 1.50 bits per heavy atom. The molecule has 0 saturated carbocycles. The number of carboxylic acid groups (broad SMARTS) is 1. The number of hydrogen-bond donors (Lipinski definition) is 2. The third-order valence-corrected chi connectivity index (χ3v) is 2.70. The van der Waals surface area contributed by atoms with Crippen LogP contribution in [0.15, 0.2) is 0 Å². The zero-order valence-electron chi connectivity index (χ0n) is 10.6. The molecule has 2 N–H and O–H groups in total. The number of carbonyl (C=O) groups is 1. The average molecular weight is 224 g/mol. The number of aliphatic carboxylic acids is 1. The van der Waals surface area contributed by atoms with E-state index in [0.717, 1.165) is 17.2 Å². The van der Waals surface area contributed by atoms with Gasteiger partial charge in [0, 0.05) is 11.1 Å². The molecule has 0 radical (unpaired) electrons. The van der Waals surface area contributed by atoms with E-state index in [9.17, 15) is 4.79 Å². The van der Waals surface area contributed by atoms with E-state index in [1.165, 1.54) is 0 Å². The maximum Gasteiger partial charge on any atom is 0.304 e. The van der Waals surface area contributed by atoms with Crippen molar-refractivity contribution in [2.24, 2.45) is 0 Å². The molecule has 0 atom stereocenters. The lowest BCUT2D eigenvalue weighted by Crippen LogP contribution is -2.23. The van der Waals surface area contributed by atoms with E-state index in [-0.39, 0.29) is 6.42 Å². The van der Waals surface area contributed by atoms with Crippen molar-refractivity contribution >= 4 is 5.97 Å². The first-order valence-corrected chi connectivity index (χ1v) is 5.53. The Morgan fingerprint density at radius 2 is 2.06 bits per heavy atom. The van der Waals surface area contributed by atoms with Gasteiger partial charge in [0.15, 0.2) is 0 Å². The highest BCUT2D eigenvalue weighted by Gasteiger charge is 2.28. The van der Waals surface area contributed by atoms with E-state index in [1.807, 2.05) is 20.8 Å². The molecule has 4 heteroatoms. The smallest absolute Gasteiger partial charge is 0.304 e. The minimum absolute atomic E-state index is 0.0808. The first kappa shape index (κ1) is 12.7. The van der Waals surface area contributed by atoms with E-state index in [0.29, 0.717) is 5.92 Å². The van der Waals surface area contributed by atoms with Gasteiger partial charge in [-0.25, -0.2) is 4.98 Å². The second-order valence-corrected chi connectivity index (χ2v) is 5.20. The first-order chi connectivity index (χ1) is 7.24. The molecule has 1 aromatic heterocycles. The molecule has 1 rings (SSSR count). The van der Waals surface area contributed by atoms with Crippen LogP contribution in [0.5, 0.6) is 0 Å². The fourth-order valence-corrected chi connectivity index (χ4v) is 1.82. The summed E-state index contributed by atoms with van der Waals surface area (Å²) in [4.78, 5) is 18.5. The predicted octanol–water partition coefficient (Wildman–Crippen LogP) is 2.59. The van der Waals surface area contributed by atoms with E-state index < -0.39 is 11.4 Å². The summed E-state index contributed by atoms with van der Waals surface area (Å²) in [6.07, 6.45) is 0.0808. The lowest BCUT2D eigenvalue weighted by molar-refractivity contribution is -0.138. The van der Waals surface area contributed by atoms with Crippen molar-refractivity contribution < 1.29 is 9.90 Å². The van der Waals surface area contributed by atoms with Crippen molar-refractivity contribution in [2.75, 3.05) is 0 Å². The third-order valence-electron chi connectivity index (χ3n) is 2.70. The number of aryl methyl sites for hydroxylation is 1. The summed E-state index contributed by atoms with van der Waals surface area (Å²) >= 11 is 0. The number of hydrogen-bond acceptors (Lipinski definition) is 2. The number of nitrogens with zero attached hydrogens (tertiary/aromatic N) is 1. The fraction of sp³-hybridized carbons (Fsp3) is 0.667. The van der Waals surface area contributed by atoms with E-state index >= 15 is 0 Å². The highest BCUT2D eigenvalue weighted by Crippen LogP contribution is 2.27. The van der Waals surface area contributed by atoms with Crippen LogP contribution in [-0.4, -0.2) is 21.0 Å². The summed E-state index contributed by atoms with van der Waals surface area (Å²) in [5, 5.41) is 8.85. The Balaban J connectivity index is 3.04. The Labute approximate surface area is 96.1 Å². The second-order valence-electron chi connectivity index (χ2n) is 5.20. The molecular formula is C12H20N2O2. The molecule has 0 saturated heterocycles. The van der Waals surface area contributed by atoms with E-state index in [4.69, 9.17) is 5.11 Å². The number of aromatic nitrogens is 2. The summed E-state index contributed by atoms with van der Waals surface area (Å²) in [7, 11) is 0. The number of aromatic amines is 1.